The van der Waals surface area contributed by atoms with Crippen LogP contribution in [0.2, 0.25) is 5.02 Å². The molecule has 0 bridgehead atoms. The van der Waals surface area contributed by atoms with E-state index < -0.39 is 0 Å². The molecule has 1 saturated carbocycles. The number of rotatable bonds is 3. The summed E-state index contributed by atoms with van der Waals surface area (Å²) in [6.45, 7) is 1.94. The van der Waals surface area contributed by atoms with Crippen molar-refractivity contribution >= 4 is 11.6 Å². The predicted molar refractivity (Wildman–Crippen MR) is 111 cm³/mol. The Labute approximate surface area is 167 Å². The summed E-state index contributed by atoms with van der Waals surface area (Å²) in [7, 11) is 0. The van der Waals surface area contributed by atoms with Crippen LogP contribution in [0.25, 0.3) is 0 Å². The summed E-state index contributed by atoms with van der Waals surface area (Å²) in [5, 5.41) is 0.384. The van der Waals surface area contributed by atoms with Crippen molar-refractivity contribution in [3.63, 3.8) is 0 Å². The highest BCUT2D eigenvalue weighted by atomic mass is 35.5. The van der Waals surface area contributed by atoms with E-state index in [1.54, 1.807) is 12.1 Å². The Hall–Kier alpha value is -2.22. The summed E-state index contributed by atoms with van der Waals surface area (Å²) < 4.78 is 13.8. The minimum atomic E-state index is -0.383. The second-order valence-corrected chi connectivity index (χ2v) is 7.66. The fourth-order valence-corrected chi connectivity index (χ4v) is 3.81. The number of halogens is 2. The van der Waals surface area contributed by atoms with Crippen LogP contribution in [-0.2, 0) is 6.42 Å². The molecule has 0 aromatic heterocycles. The highest BCUT2D eigenvalue weighted by Crippen LogP contribution is 2.31. The van der Waals surface area contributed by atoms with Gasteiger partial charge in [-0.3, -0.25) is 0 Å². The minimum absolute atomic E-state index is 0.367. The minimum Gasteiger partial charge on any atom is -0.206 e. The van der Waals surface area contributed by atoms with Crippen LogP contribution in [0.3, 0.4) is 0 Å². The van der Waals surface area contributed by atoms with Crippen molar-refractivity contribution in [3.8, 4) is 23.7 Å². The van der Waals surface area contributed by atoms with Gasteiger partial charge >= 0.3 is 0 Å². The maximum absolute atomic E-state index is 13.8. The van der Waals surface area contributed by atoms with Gasteiger partial charge in [-0.25, -0.2) is 4.39 Å². The van der Waals surface area contributed by atoms with Crippen LogP contribution >= 0.6 is 11.6 Å². The van der Waals surface area contributed by atoms with E-state index in [2.05, 4.69) is 35.8 Å². The zero-order valence-electron chi connectivity index (χ0n) is 15.7. The molecular weight excluding hydrogens is 355 g/mol. The molecule has 0 saturated heterocycles. The van der Waals surface area contributed by atoms with Gasteiger partial charge in [-0.2, -0.15) is 0 Å². The Morgan fingerprint density at radius 3 is 2.41 bits per heavy atom. The van der Waals surface area contributed by atoms with Gasteiger partial charge in [0.15, 0.2) is 0 Å². The second kappa shape index (κ2) is 9.64. The van der Waals surface area contributed by atoms with Gasteiger partial charge < -0.3 is 0 Å². The largest absolute Gasteiger partial charge is 0.206 e. The van der Waals surface area contributed by atoms with Crippen LogP contribution in [-0.4, -0.2) is 0 Å². The Balaban J connectivity index is 1.52. The molecule has 0 heterocycles. The fraction of sp³-hybridized carbons (Fsp3) is 0.360. The number of hydrogen-bond donors (Lipinski definition) is 0. The van der Waals surface area contributed by atoms with E-state index in [1.165, 1.54) is 43.7 Å². The predicted octanol–water partition coefficient (Wildman–Crippen LogP) is 6.64. The Bertz CT molecular complexity index is 882. The summed E-state index contributed by atoms with van der Waals surface area (Å²) in [4.78, 5) is 0. The van der Waals surface area contributed by atoms with Crippen molar-refractivity contribution in [1.29, 1.82) is 0 Å². The van der Waals surface area contributed by atoms with E-state index in [0.29, 0.717) is 16.5 Å². The van der Waals surface area contributed by atoms with Gasteiger partial charge in [0.1, 0.15) is 5.82 Å². The van der Waals surface area contributed by atoms with Gasteiger partial charge in [-0.15, -0.1) is 11.8 Å². The summed E-state index contributed by atoms with van der Waals surface area (Å²) >= 11 is 5.76. The molecule has 0 nitrogen and oxygen atoms in total. The molecule has 0 radical (unpaired) electrons. The molecule has 0 amide bonds. The Kier molecular flexibility index (Phi) is 6.98. The lowest BCUT2D eigenvalue weighted by Gasteiger charge is -2.25. The zero-order valence-corrected chi connectivity index (χ0v) is 16.5. The number of aryl methyl sites for hydroxylation is 1. The first kappa shape index (κ1) is 19.5. The van der Waals surface area contributed by atoms with E-state index in [1.807, 2.05) is 19.1 Å². The SMILES string of the molecule is CC#CC1CCC(CCc2ccc(C#Cc3ccc(Cl)cc3F)cc2)CC1. The second-order valence-electron chi connectivity index (χ2n) is 7.22. The van der Waals surface area contributed by atoms with Crippen LogP contribution in [0.15, 0.2) is 42.5 Å². The molecule has 1 fully saturated rings. The van der Waals surface area contributed by atoms with Crippen LogP contribution in [0.5, 0.6) is 0 Å². The average molecular weight is 379 g/mol. The van der Waals surface area contributed by atoms with Crippen molar-refractivity contribution in [1.82, 2.24) is 0 Å². The van der Waals surface area contributed by atoms with Crippen molar-refractivity contribution in [3.05, 3.63) is 70.0 Å². The van der Waals surface area contributed by atoms with Crippen molar-refractivity contribution in [2.45, 2.75) is 45.4 Å². The summed E-state index contributed by atoms with van der Waals surface area (Å²) in [6, 6.07) is 12.9. The van der Waals surface area contributed by atoms with Crippen LogP contribution in [0.1, 0.15) is 55.7 Å². The summed E-state index contributed by atoms with van der Waals surface area (Å²) in [5.74, 6) is 13.3. The highest BCUT2D eigenvalue weighted by molar-refractivity contribution is 6.30. The van der Waals surface area contributed by atoms with Gasteiger partial charge in [0.05, 0.1) is 5.56 Å². The first-order chi connectivity index (χ1) is 13.1. The van der Waals surface area contributed by atoms with Crippen LogP contribution in [0, 0.1) is 41.3 Å². The molecule has 1 aliphatic carbocycles. The average Bonchev–Trinajstić information content (AvgIpc) is 2.68. The van der Waals surface area contributed by atoms with Gasteiger partial charge in [-0.05, 0) is 87.3 Å². The van der Waals surface area contributed by atoms with Gasteiger partial charge in [-0.1, -0.05) is 35.6 Å². The number of benzene rings is 2. The normalized spacial score (nSPS) is 18.8. The molecule has 3 rings (SSSR count). The monoisotopic (exact) mass is 378 g/mol. The molecule has 0 unspecified atom stereocenters. The molecule has 2 heteroatoms. The first-order valence-corrected chi connectivity index (χ1v) is 10.00. The molecular formula is C25H24ClF. The number of hydrogen-bond acceptors (Lipinski definition) is 0. The summed E-state index contributed by atoms with van der Waals surface area (Å²) in [5.41, 5.74) is 2.60. The van der Waals surface area contributed by atoms with E-state index in [0.717, 1.165) is 17.9 Å². The Morgan fingerprint density at radius 2 is 1.74 bits per heavy atom. The van der Waals surface area contributed by atoms with Crippen molar-refractivity contribution < 1.29 is 4.39 Å². The summed E-state index contributed by atoms with van der Waals surface area (Å²) in [6.07, 6.45) is 7.45. The highest BCUT2D eigenvalue weighted by Gasteiger charge is 2.19. The molecule has 2 aromatic carbocycles. The lowest BCUT2D eigenvalue weighted by atomic mass is 9.80. The van der Waals surface area contributed by atoms with Gasteiger partial charge in [0.2, 0.25) is 0 Å². The molecule has 0 N–H and O–H groups in total. The van der Waals surface area contributed by atoms with Crippen molar-refractivity contribution in [2.24, 2.45) is 11.8 Å². The van der Waals surface area contributed by atoms with E-state index in [4.69, 9.17) is 11.6 Å². The van der Waals surface area contributed by atoms with E-state index in [9.17, 15) is 4.39 Å². The standard InChI is InChI=1S/C25H24ClF/c1-2-3-19-4-6-20(7-5-19)8-9-21-10-12-22(13-11-21)14-15-23-16-17-24(26)18-25(23)27/h10-13,16-20H,4-9H2,1H3. The van der Waals surface area contributed by atoms with Crippen LogP contribution < -0.4 is 0 Å². The molecule has 138 valence electrons. The van der Waals surface area contributed by atoms with E-state index in [-0.39, 0.29) is 5.82 Å². The van der Waals surface area contributed by atoms with Crippen LogP contribution in [0.4, 0.5) is 4.39 Å². The van der Waals surface area contributed by atoms with Gasteiger partial charge in [0, 0.05) is 16.5 Å². The lowest BCUT2D eigenvalue weighted by Crippen LogP contribution is -2.14. The molecule has 27 heavy (non-hydrogen) atoms. The topological polar surface area (TPSA) is 0 Å². The zero-order chi connectivity index (χ0) is 19.1. The molecule has 1 aliphatic rings. The third-order valence-corrected chi connectivity index (χ3v) is 5.50. The van der Waals surface area contributed by atoms with E-state index >= 15 is 0 Å². The molecule has 0 atom stereocenters. The maximum Gasteiger partial charge on any atom is 0.140 e. The first-order valence-electron chi connectivity index (χ1n) is 9.62. The molecule has 0 aliphatic heterocycles. The maximum atomic E-state index is 13.8. The quantitative estimate of drug-likeness (QED) is 0.525. The molecule has 0 spiro atoms. The fourth-order valence-electron chi connectivity index (χ4n) is 3.66. The third-order valence-electron chi connectivity index (χ3n) is 5.26. The smallest absolute Gasteiger partial charge is 0.140 e. The third kappa shape index (κ3) is 5.89. The Morgan fingerprint density at radius 1 is 1.00 bits per heavy atom. The van der Waals surface area contributed by atoms with Crippen molar-refractivity contribution in [2.75, 3.05) is 0 Å². The molecule has 2 aromatic rings. The van der Waals surface area contributed by atoms with Gasteiger partial charge in [0.25, 0.3) is 0 Å². The lowest BCUT2D eigenvalue weighted by molar-refractivity contribution is 0.302.